The summed E-state index contributed by atoms with van der Waals surface area (Å²) in [5.74, 6) is 2.61. The van der Waals surface area contributed by atoms with Crippen molar-refractivity contribution in [3.63, 3.8) is 0 Å². The molecule has 4 aromatic rings. The number of hydrogen-bond donors (Lipinski definition) is 2. The van der Waals surface area contributed by atoms with Gasteiger partial charge in [-0.2, -0.15) is 9.97 Å². The van der Waals surface area contributed by atoms with Crippen molar-refractivity contribution in [3.8, 4) is 0 Å². The first kappa shape index (κ1) is 26.3. The molecular formula is C27H35BrN10. The average molecular weight is 580 g/mol. The maximum absolute atomic E-state index is 5.87. The topological polar surface area (TPSA) is 117 Å². The number of halogens is 1. The zero-order valence-corrected chi connectivity index (χ0v) is 23.8. The number of anilines is 4. The maximum Gasteiger partial charge on any atom is 0.222 e. The van der Waals surface area contributed by atoms with Crippen LogP contribution in [0.4, 0.5) is 23.5 Å². The molecule has 6 rings (SSSR count). The van der Waals surface area contributed by atoms with E-state index >= 15 is 0 Å². The second kappa shape index (κ2) is 11.2. The van der Waals surface area contributed by atoms with Crippen molar-refractivity contribution in [2.75, 3.05) is 87.7 Å². The third-order valence-corrected chi connectivity index (χ3v) is 7.68. The highest BCUT2D eigenvalue weighted by Gasteiger charge is 2.20. The van der Waals surface area contributed by atoms with Crippen LogP contribution in [0.1, 0.15) is 5.56 Å². The van der Waals surface area contributed by atoms with Gasteiger partial charge in [0.25, 0.3) is 0 Å². The summed E-state index contributed by atoms with van der Waals surface area (Å²) in [6.45, 7) is 10.2. The van der Waals surface area contributed by atoms with E-state index in [9.17, 15) is 0 Å². The summed E-state index contributed by atoms with van der Waals surface area (Å²) in [6, 6.07) is 12.2. The molecule has 0 radical (unpaired) electrons. The first-order valence-corrected chi connectivity index (χ1v) is 13.7. The van der Waals surface area contributed by atoms with Crippen LogP contribution in [0, 0.1) is 6.92 Å². The molecule has 38 heavy (non-hydrogen) atoms. The van der Waals surface area contributed by atoms with Crippen molar-refractivity contribution in [1.29, 1.82) is 0 Å². The van der Waals surface area contributed by atoms with Crippen LogP contribution in [0.2, 0.25) is 0 Å². The van der Waals surface area contributed by atoms with Crippen LogP contribution in [-0.2, 0) is 0 Å². The molecule has 2 aromatic carbocycles. The third kappa shape index (κ3) is 5.74. The lowest BCUT2D eigenvalue weighted by atomic mass is 10.1. The molecule has 0 aliphatic carbocycles. The smallest absolute Gasteiger partial charge is 0.222 e. The van der Waals surface area contributed by atoms with Crippen LogP contribution in [0.15, 0.2) is 40.9 Å². The van der Waals surface area contributed by atoms with Crippen LogP contribution in [0.3, 0.4) is 0 Å². The molecule has 4 N–H and O–H groups in total. The van der Waals surface area contributed by atoms with Crippen LogP contribution in [-0.4, -0.2) is 96.2 Å². The van der Waals surface area contributed by atoms with Gasteiger partial charge in [0.05, 0.1) is 11.0 Å². The Morgan fingerprint density at radius 1 is 0.684 bits per heavy atom. The quantitative estimate of drug-likeness (QED) is 0.367. The van der Waals surface area contributed by atoms with Gasteiger partial charge in [-0.05, 0) is 50.8 Å². The Balaban J connectivity index is 0.000000155. The summed E-state index contributed by atoms with van der Waals surface area (Å²) in [6.07, 6.45) is 0. The number of aromatic nitrogens is 4. The molecule has 2 fully saturated rings. The second-order valence-electron chi connectivity index (χ2n) is 10.0. The van der Waals surface area contributed by atoms with Gasteiger partial charge in [0.15, 0.2) is 0 Å². The maximum atomic E-state index is 5.87. The Kier molecular flexibility index (Phi) is 7.78. The van der Waals surface area contributed by atoms with E-state index in [1.165, 1.54) is 0 Å². The molecule has 2 saturated heterocycles. The van der Waals surface area contributed by atoms with Gasteiger partial charge in [-0.3, -0.25) is 0 Å². The molecule has 11 heteroatoms. The van der Waals surface area contributed by atoms with E-state index in [-0.39, 0.29) is 0 Å². The molecule has 200 valence electrons. The zero-order valence-electron chi connectivity index (χ0n) is 22.2. The molecule has 0 spiro atoms. The first-order valence-electron chi connectivity index (χ1n) is 12.9. The molecule has 4 heterocycles. The number of nitrogens with zero attached hydrogens (tertiary/aromatic N) is 8. The van der Waals surface area contributed by atoms with Crippen molar-refractivity contribution in [1.82, 2.24) is 29.7 Å². The Labute approximate surface area is 231 Å². The standard InChI is InChI=1S/C14H19N5.C13H16BrN5/c1-10-4-3-5-11-12(10)16-14(15)17-13(11)19-8-6-18(2)7-9-19;1-18-4-6-19(7-5-18)12-10-3-2-9(14)8-11(10)16-13(15)17-12/h3-5H,6-9H2,1-2H3,(H2,15,16,17);2-3,8H,4-7H2,1H3,(H2,15,16,17). The molecule has 0 saturated carbocycles. The fourth-order valence-electron chi connectivity index (χ4n) is 4.92. The van der Waals surface area contributed by atoms with Gasteiger partial charge in [-0.25, -0.2) is 9.97 Å². The highest BCUT2D eigenvalue weighted by atomic mass is 79.9. The number of para-hydroxylation sites is 1. The summed E-state index contributed by atoms with van der Waals surface area (Å²) in [7, 11) is 4.29. The molecule has 10 nitrogen and oxygen atoms in total. The number of fused-ring (bicyclic) bond motifs is 2. The molecule has 2 aliphatic rings. The summed E-state index contributed by atoms with van der Waals surface area (Å²) < 4.78 is 1.00. The largest absolute Gasteiger partial charge is 0.368 e. The van der Waals surface area contributed by atoms with Crippen LogP contribution < -0.4 is 21.3 Å². The Morgan fingerprint density at radius 3 is 1.84 bits per heavy atom. The van der Waals surface area contributed by atoms with Crippen molar-refractivity contribution in [2.45, 2.75) is 6.92 Å². The van der Waals surface area contributed by atoms with E-state index in [0.29, 0.717) is 11.9 Å². The number of piperazine rings is 2. The van der Waals surface area contributed by atoms with Gasteiger partial charge in [-0.15, -0.1) is 0 Å². The number of nitrogen functional groups attached to an aromatic ring is 2. The fraction of sp³-hybridized carbons (Fsp3) is 0.407. The normalized spacial score (nSPS) is 17.1. The van der Waals surface area contributed by atoms with Crippen LogP contribution in [0.25, 0.3) is 21.8 Å². The number of hydrogen-bond acceptors (Lipinski definition) is 10. The molecule has 0 amide bonds. The predicted octanol–water partition coefficient (Wildman–Crippen LogP) is 3.00. The Morgan fingerprint density at radius 2 is 1.24 bits per heavy atom. The zero-order chi connectivity index (χ0) is 26.8. The average Bonchev–Trinajstić information content (AvgIpc) is 2.89. The van der Waals surface area contributed by atoms with E-state index in [0.717, 1.165) is 95.8 Å². The number of aryl methyl sites for hydroxylation is 1. The molecule has 0 bridgehead atoms. The Bertz CT molecular complexity index is 1420. The van der Waals surface area contributed by atoms with Crippen molar-refractivity contribution in [2.24, 2.45) is 0 Å². The first-order chi connectivity index (χ1) is 18.3. The monoisotopic (exact) mass is 578 g/mol. The summed E-state index contributed by atoms with van der Waals surface area (Å²) in [5.41, 5.74) is 14.7. The number of rotatable bonds is 2. The van der Waals surface area contributed by atoms with Crippen molar-refractivity contribution in [3.05, 3.63) is 46.4 Å². The van der Waals surface area contributed by atoms with E-state index in [1.54, 1.807) is 0 Å². The predicted molar refractivity (Wildman–Crippen MR) is 160 cm³/mol. The highest BCUT2D eigenvalue weighted by molar-refractivity contribution is 9.10. The van der Waals surface area contributed by atoms with Crippen molar-refractivity contribution < 1.29 is 0 Å². The minimum atomic E-state index is 0.333. The minimum Gasteiger partial charge on any atom is -0.368 e. The van der Waals surface area contributed by atoms with Gasteiger partial charge < -0.3 is 31.1 Å². The lowest BCUT2D eigenvalue weighted by molar-refractivity contribution is 0.312. The highest BCUT2D eigenvalue weighted by Crippen LogP contribution is 2.28. The molecule has 0 atom stereocenters. The van der Waals surface area contributed by atoms with Gasteiger partial charge in [0.2, 0.25) is 11.9 Å². The summed E-state index contributed by atoms with van der Waals surface area (Å²) in [5, 5.41) is 2.15. The lowest BCUT2D eigenvalue weighted by Gasteiger charge is -2.33. The second-order valence-corrected chi connectivity index (χ2v) is 10.9. The van der Waals surface area contributed by atoms with E-state index < -0.39 is 0 Å². The van der Waals surface area contributed by atoms with Gasteiger partial charge in [-0.1, -0.05) is 28.1 Å². The van der Waals surface area contributed by atoms with E-state index in [2.05, 4.69) is 94.7 Å². The molecule has 2 aromatic heterocycles. The number of benzene rings is 2. The fourth-order valence-corrected chi connectivity index (χ4v) is 5.27. The van der Waals surface area contributed by atoms with E-state index in [1.807, 2.05) is 18.2 Å². The lowest BCUT2D eigenvalue weighted by Crippen LogP contribution is -2.45. The number of nitrogens with two attached hydrogens (primary N) is 2. The van der Waals surface area contributed by atoms with E-state index in [4.69, 9.17) is 11.5 Å². The van der Waals surface area contributed by atoms with Gasteiger partial charge in [0, 0.05) is 67.6 Å². The van der Waals surface area contributed by atoms with Crippen LogP contribution in [0.5, 0.6) is 0 Å². The molecule has 0 unspecified atom stereocenters. The summed E-state index contributed by atoms with van der Waals surface area (Å²) >= 11 is 3.46. The third-order valence-electron chi connectivity index (χ3n) is 7.19. The van der Waals surface area contributed by atoms with Gasteiger partial charge in [0.1, 0.15) is 11.6 Å². The summed E-state index contributed by atoms with van der Waals surface area (Å²) in [4.78, 5) is 26.8. The van der Waals surface area contributed by atoms with Crippen LogP contribution >= 0.6 is 15.9 Å². The van der Waals surface area contributed by atoms with Gasteiger partial charge >= 0.3 is 0 Å². The molecule has 2 aliphatic heterocycles. The van der Waals surface area contributed by atoms with Crippen molar-refractivity contribution >= 4 is 61.3 Å². The Hall–Kier alpha value is -3.28. The minimum absolute atomic E-state index is 0.333. The number of likely N-dealkylation sites (N-methyl/N-ethyl adjacent to an activating group) is 2. The molecular weight excluding hydrogens is 544 g/mol. The SMILES string of the molecule is CN1CCN(c2nc(N)nc3cc(Br)ccc23)CC1.Cc1cccc2c(N3CCN(C)CC3)nc(N)nc12.